The van der Waals surface area contributed by atoms with Crippen molar-refractivity contribution >= 4 is 17.6 Å². The molecule has 2 fully saturated rings. The number of hydrogen-bond donors (Lipinski definition) is 0. The van der Waals surface area contributed by atoms with Gasteiger partial charge in [-0.15, -0.1) is 0 Å². The number of carbonyl (C=O) groups is 1. The quantitative estimate of drug-likeness (QED) is 0.692. The van der Waals surface area contributed by atoms with E-state index in [1.807, 2.05) is 25.1 Å². The summed E-state index contributed by atoms with van der Waals surface area (Å²) < 4.78 is 11.0. The largest absolute Gasteiger partial charge is 0.490 e. The molecule has 0 saturated carbocycles. The van der Waals surface area contributed by atoms with Gasteiger partial charge >= 0.3 is 5.97 Å². The molecule has 27 heavy (non-hydrogen) atoms. The van der Waals surface area contributed by atoms with Crippen LogP contribution in [0.2, 0.25) is 5.02 Å². The summed E-state index contributed by atoms with van der Waals surface area (Å²) in [5.74, 6) is 1.55. The molecule has 2 aliphatic rings. The van der Waals surface area contributed by atoms with E-state index in [2.05, 4.69) is 9.80 Å². The van der Waals surface area contributed by atoms with Crippen molar-refractivity contribution < 1.29 is 14.3 Å². The summed E-state index contributed by atoms with van der Waals surface area (Å²) in [7, 11) is 1.46. The van der Waals surface area contributed by atoms with E-state index in [0.29, 0.717) is 12.6 Å². The number of benzene rings is 1. The van der Waals surface area contributed by atoms with Gasteiger partial charge in [-0.25, -0.2) is 0 Å². The maximum absolute atomic E-state index is 11.4. The average Bonchev–Trinajstić information content (AvgIpc) is 2.67. The summed E-state index contributed by atoms with van der Waals surface area (Å²) >= 11 is 6.02. The van der Waals surface area contributed by atoms with Gasteiger partial charge in [0, 0.05) is 24.7 Å². The molecule has 6 heteroatoms. The highest BCUT2D eigenvalue weighted by Gasteiger charge is 2.26. The second-order valence-electron chi connectivity index (χ2n) is 7.82. The number of hydrogen-bond acceptors (Lipinski definition) is 5. The van der Waals surface area contributed by atoms with Gasteiger partial charge in [-0.1, -0.05) is 11.6 Å². The predicted octanol–water partition coefficient (Wildman–Crippen LogP) is 3.38. The van der Waals surface area contributed by atoms with Crippen LogP contribution in [-0.2, 0) is 9.53 Å². The summed E-state index contributed by atoms with van der Waals surface area (Å²) in [6.07, 6.45) is 4.77. The van der Waals surface area contributed by atoms with Crippen LogP contribution >= 0.6 is 11.6 Å². The molecule has 5 nitrogen and oxygen atoms in total. The third kappa shape index (κ3) is 6.09. The average molecular weight is 395 g/mol. The zero-order valence-corrected chi connectivity index (χ0v) is 17.2. The highest BCUT2D eigenvalue weighted by atomic mass is 35.5. The normalized spacial score (nSPS) is 20.6. The SMILES string of the molecule is COC(=O)CN1CCC(CN2CCC(Oc3ccc(Cl)cc3C)CC2)CC1. The van der Waals surface area contributed by atoms with Gasteiger partial charge in [0.05, 0.1) is 13.7 Å². The maximum atomic E-state index is 11.4. The highest BCUT2D eigenvalue weighted by molar-refractivity contribution is 6.30. The van der Waals surface area contributed by atoms with Crippen molar-refractivity contribution in [2.75, 3.05) is 46.4 Å². The van der Waals surface area contributed by atoms with E-state index in [1.54, 1.807) is 0 Å². The van der Waals surface area contributed by atoms with Crippen LogP contribution < -0.4 is 4.74 Å². The fourth-order valence-corrected chi connectivity index (χ4v) is 4.30. The zero-order valence-electron chi connectivity index (χ0n) is 16.5. The smallest absolute Gasteiger partial charge is 0.319 e. The van der Waals surface area contributed by atoms with Gasteiger partial charge in [0.15, 0.2) is 0 Å². The van der Waals surface area contributed by atoms with Gasteiger partial charge in [-0.2, -0.15) is 0 Å². The molecule has 1 aromatic rings. The van der Waals surface area contributed by atoms with E-state index in [-0.39, 0.29) is 5.97 Å². The lowest BCUT2D eigenvalue weighted by molar-refractivity contribution is -0.142. The van der Waals surface area contributed by atoms with Crippen molar-refractivity contribution in [2.24, 2.45) is 5.92 Å². The monoisotopic (exact) mass is 394 g/mol. The number of ether oxygens (including phenoxy) is 2. The van der Waals surface area contributed by atoms with Gasteiger partial charge in [0.1, 0.15) is 11.9 Å². The maximum Gasteiger partial charge on any atom is 0.319 e. The molecule has 3 rings (SSSR count). The highest BCUT2D eigenvalue weighted by Crippen LogP contribution is 2.26. The van der Waals surface area contributed by atoms with Crippen LogP contribution in [0.15, 0.2) is 18.2 Å². The van der Waals surface area contributed by atoms with Crippen LogP contribution in [0.3, 0.4) is 0 Å². The van der Waals surface area contributed by atoms with Gasteiger partial charge in [0.2, 0.25) is 0 Å². The predicted molar refractivity (Wildman–Crippen MR) is 107 cm³/mol. The van der Waals surface area contributed by atoms with Crippen molar-refractivity contribution in [2.45, 2.75) is 38.7 Å². The van der Waals surface area contributed by atoms with E-state index in [1.165, 1.54) is 13.7 Å². The number of aryl methyl sites for hydroxylation is 1. The minimum Gasteiger partial charge on any atom is -0.490 e. The van der Waals surface area contributed by atoms with Crippen LogP contribution in [0.4, 0.5) is 0 Å². The van der Waals surface area contributed by atoms with Crippen molar-refractivity contribution in [1.29, 1.82) is 0 Å². The molecule has 0 aromatic heterocycles. The van der Waals surface area contributed by atoms with Crippen LogP contribution in [-0.4, -0.2) is 68.3 Å². The second kappa shape index (κ2) is 9.76. The Balaban J connectivity index is 1.37. The Morgan fingerprint density at radius 3 is 2.41 bits per heavy atom. The first-order valence-electron chi connectivity index (χ1n) is 9.98. The molecule has 2 saturated heterocycles. The second-order valence-corrected chi connectivity index (χ2v) is 8.26. The van der Waals surface area contributed by atoms with E-state index < -0.39 is 0 Å². The van der Waals surface area contributed by atoms with Crippen LogP contribution in [0.5, 0.6) is 5.75 Å². The number of rotatable bonds is 6. The number of nitrogens with zero attached hydrogens (tertiary/aromatic N) is 2. The van der Waals surface area contributed by atoms with Crippen molar-refractivity contribution in [3.63, 3.8) is 0 Å². The lowest BCUT2D eigenvalue weighted by Crippen LogP contribution is -2.44. The van der Waals surface area contributed by atoms with Gasteiger partial charge in [-0.3, -0.25) is 9.69 Å². The van der Waals surface area contributed by atoms with E-state index in [0.717, 1.165) is 74.1 Å². The molecule has 0 radical (unpaired) electrons. The Morgan fingerprint density at radius 1 is 1.11 bits per heavy atom. The van der Waals surface area contributed by atoms with E-state index >= 15 is 0 Å². The Bertz CT molecular complexity index is 624. The van der Waals surface area contributed by atoms with Gasteiger partial charge in [-0.05, 0) is 75.4 Å². The minimum atomic E-state index is -0.133. The molecular formula is C21H31ClN2O3. The molecule has 1 aromatic carbocycles. The Kier molecular flexibility index (Phi) is 7.39. The molecule has 0 unspecified atom stereocenters. The topological polar surface area (TPSA) is 42.0 Å². The van der Waals surface area contributed by atoms with E-state index in [9.17, 15) is 4.79 Å². The summed E-state index contributed by atoms with van der Waals surface area (Å²) in [6, 6.07) is 5.83. The number of esters is 1. The van der Waals surface area contributed by atoms with Crippen LogP contribution in [0.1, 0.15) is 31.2 Å². The molecule has 0 amide bonds. The van der Waals surface area contributed by atoms with Crippen molar-refractivity contribution in [3.05, 3.63) is 28.8 Å². The minimum absolute atomic E-state index is 0.133. The molecule has 0 atom stereocenters. The molecule has 2 heterocycles. The third-order valence-electron chi connectivity index (χ3n) is 5.77. The van der Waals surface area contributed by atoms with Crippen molar-refractivity contribution in [3.8, 4) is 5.75 Å². The lowest BCUT2D eigenvalue weighted by atomic mass is 9.95. The molecule has 0 N–H and O–H groups in total. The fourth-order valence-electron chi connectivity index (χ4n) is 4.07. The first kappa shape index (κ1) is 20.4. The molecule has 150 valence electrons. The van der Waals surface area contributed by atoms with Crippen LogP contribution in [0.25, 0.3) is 0 Å². The fraction of sp³-hybridized carbons (Fsp3) is 0.667. The summed E-state index contributed by atoms with van der Waals surface area (Å²) in [4.78, 5) is 16.2. The standard InChI is InChI=1S/C21H31ClN2O3/c1-16-13-18(22)3-4-20(16)27-19-7-11-23(12-8-19)14-17-5-9-24(10-6-17)15-21(25)26-2/h3-4,13,17,19H,5-12,14-15H2,1-2H3. The summed E-state index contributed by atoms with van der Waals surface area (Å²) in [6.45, 7) is 7.82. The first-order chi connectivity index (χ1) is 13.0. The Hall–Kier alpha value is -1.30. The van der Waals surface area contributed by atoms with Crippen LogP contribution in [0, 0.1) is 12.8 Å². The molecule has 0 aliphatic carbocycles. The molecule has 2 aliphatic heterocycles. The van der Waals surface area contributed by atoms with Gasteiger partial charge < -0.3 is 14.4 Å². The first-order valence-corrected chi connectivity index (χ1v) is 10.4. The molecular weight excluding hydrogens is 364 g/mol. The zero-order chi connectivity index (χ0) is 19.2. The summed E-state index contributed by atoms with van der Waals surface area (Å²) in [5.41, 5.74) is 1.10. The molecule has 0 bridgehead atoms. The number of likely N-dealkylation sites (tertiary alicyclic amines) is 2. The number of halogens is 1. The van der Waals surface area contributed by atoms with Crippen molar-refractivity contribution in [1.82, 2.24) is 9.80 Å². The third-order valence-corrected chi connectivity index (χ3v) is 6.00. The number of piperidine rings is 2. The number of methoxy groups -OCH3 is 1. The van der Waals surface area contributed by atoms with E-state index in [4.69, 9.17) is 21.1 Å². The Morgan fingerprint density at radius 2 is 1.78 bits per heavy atom. The lowest BCUT2D eigenvalue weighted by Gasteiger charge is -2.37. The number of carbonyl (C=O) groups excluding carboxylic acids is 1. The Labute approximate surface area is 167 Å². The van der Waals surface area contributed by atoms with Gasteiger partial charge in [0.25, 0.3) is 0 Å². The summed E-state index contributed by atoms with van der Waals surface area (Å²) in [5, 5.41) is 0.757. The molecule has 0 spiro atoms.